The number of hydrogen-bond donors (Lipinski definition) is 2. The van der Waals surface area contributed by atoms with Crippen molar-refractivity contribution in [2.75, 3.05) is 0 Å². The molecule has 0 fully saturated rings. The van der Waals surface area contributed by atoms with Crippen molar-refractivity contribution in [3.63, 3.8) is 0 Å². The number of carbonyl (C=O) groups is 2. The van der Waals surface area contributed by atoms with E-state index < -0.39 is 5.91 Å². The fourth-order valence-corrected chi connectivity index (χ4v) is 1.40. The molecule has 2 N–H and O–H groups in total. The lowest BCUT2D eigenvalue weighted by molar-refractivity contribution is -0.125. The van der Waals surface area contributed by atoms with E-state index in [2.05, 4.69) is 20.8 Å². The first kappa shape index (κ1) is 12.7. The molecule has 0 atom stereocenters. The number of hydrogen-bond acceptors (Lipinski definition) is 4. The van der Waals surface area contributed by atoms with Crippen LogP contribution in [0, 0.1) is 0 Å². The molecule has 19 heavy (non-hydrogen) atoms. The van der Waals surface area contributed by atoms with E-state index in [9.17, 15) is 9.59 Å². The first-order valence-corrected chi connectivity index (χ1v) is 5.61. The number of aromatic nitrogens is 2. The van der Waals surface area contributed by atoms with Crippen molar-refractivity contribution in [1.29, 1.82) is 0 Å². The molecule has 0 radical (unpaired) electrons. The van der Waals surface area contributed by atoms with E-state index in [1.165, 1.54) is 19.1 Å². The number of benzene rings is 1. The number of rotatable bonds is 2. The number of fused-ring (bicyclic) bond motifs is 1. The summed E-state index contributed by atoms with van der Waals surface area (Å²) in [6.45, 7) is 1.30. The zero-order chi connectivity index (χ0) is 13.7. The van der Waals surface area contributed by atoms with E-state index in [4.69, 9.17) is 0 Å². The minimum Gasteiger partial charge on any atom is -0.274 e. The molecule has 0 aliphatic heterocycles. The number of nitrogens with zero attached hydrogens (tertiary/aromatic N) is 2. The normalized spacial score (nSPS) is 10.6. The lowest BCUT2D eigenvalue weighted by atomic mass is 10.3. The minimum absolute atomic E-state index is 0.341. The fourth-order valence-electron chi connectivity index (χ4n) is 1.40. The summed E-state index contributed by atoms with van der Waals surface area (Å²) in [4.78, 5) is 30.5. The van der Waals surface area contributed by atoms with Gasteiger partial charge in [0.25, 0.3) is 5.91 Å². The van der Waals surface area contributed by atoms with Crippen molar-refractivity contribution in [1.82, 2.24) is 20.8 Å². The molecular weight excluding hydrogens is 244 g/mol. The van der Waals surface area contributed by atoms with Gasteiger partial charge in [-0.25, -0.2) is 4.98 Å². The molecule has 2 rings (SSSR count). The highest BCUT2D eigenvalue weighted by molar-refractivity contribution is 5.92. The van der Waals surface area contributed by atoms with Crippen LogP contribution in [0.25, 0.3) is 17.1 Å². The van der Waals surface area contributed by atoms with Gasteiger partial charge in [-0.05, 0) is 18.2 Å². The monoisotopic (exact) mass is 256 g/mol. The van der Waals surface area contributed by atoms with Gasteiger partial charge in [0, 0.05) is 13.0 Å². The highest BCUT2D eigenvalue weighted by atomic mass is 16.2. The lowest BCUT2D eigenvalue weighted by Gasteiger charge is -2.00. The van der Waals surface area contributed by atoms with Crippen molar-refractivity contribution < 1.29 is 9.59 Å². The molecule has 1 heterocycles. The van der Waals surface area contributed by atoms with E-state index in [1.54, 1.807) is 6.20 Å². The van der Waals surface area contributed by atoms with E-state index in [-0.39, 0.29) is 5.91 Å². The zero-order valence-electron chi connectivity index (χ0n) is 10.3. The highest BCUT2D eigenvalue weighted by Gasteiger charge is 1.98. The standard InChI is InChI=1S/C13H12N4O2/c1-9(18)16-17-13(19)7-6-10-8-14-11-4-2-3-5-12(11)15-10/h2-8H,1H3,(H,16,18)(H,17,19)/b7-6+. The van der Waals surface area contributed by atoms with Crippen LogP contribution in [-0.4, -0.2) is 21.8 Å². The van der Waals surface area contributed by atoms with Crippen molar-refractivity contribution in [3.8, 4) is 0 Å². The van der Waals surface area contributed by atoms with Crippen LogP contribution in [0.3, 0.4) is 0 Å². The SMILES string of the molecule is CC(=O)NNC(=O)/C=C/c1cnc2ccccc2n1. The third-order valence-electron chi connectivity index (χ3n) is 2.23. The highest BCUT2D eigenvalue weighted by Crippen LogP contribution is 2.08. The number of hydrazine groups is 1. The van der Waals surface area contributed by atoms with Crippen LogP contribution in [-0.2, 0) is 9.59 Å². The van der Waals surface area contributed by atoms with Gasteiger partial charge in [-0.3, -0.25) is 25.4 Å². The van der Waals surface area contributed by atoms with E-state index in [1.807, 2.05) is 24.3 Å². The largest absolute Gasteiger partial charge is 0.274 e. The quantitative estimate of drug-likeness (QED) is 0.615. The Labute approximate surface area is 109 Å². The molecule has 1 aromatic heterocycles. The summed E-state index contributed by atoms with van der Waals surface area (Å²) >= 11 is 0. The molecule has 0 saturated heterocycles. The summed E-state index contributed by atoms with van der Waals surface area (Å²) < 4.78 is 0. The van der Waals surface area contributed by atoms with Gasteiger partial charge in [0.05, 0.1) is 22.9 Å². The van der Waals surface area contributed by atoms with Crippen molar-refractivity contribution in [2.45, 2.75) is 6.92 Å². The number of carbonyl (C=O) groups excluding carboxylic acids is 2. The molecule has 6 heteroatoms. The Kier molecular flexibility index (Phi) is 3.82. The number of nitrogens with one attached hydrogen (secondary N) is 2. The molecule has 6 nitrogen and oxygen atoms in total. The summed E-state index contributed by atoms with van der Waals surface area (Å²) in [7, 11) is 0. The Hall–Kier alpha value is -2.76. The maximum Gasteiger partial charge on any atom is 0.262 e. The first-order chi connectivity index (χ1) is 9.15. The summed E-state index contributed by atoms with van der Waals surface area (Å²) in [5.41, 5.74) is 6.52. The number of para-hydroxylation sites is 2. The molecule has 0 aliphatic carbocycles. The van der Waals surface area contributed by atoms with Crippen molar-refractivity contribution in [3.05, 3.63) is 42.2 Å². The molecule has 0 saturated carbocycles. The predicted molar refractivity (Wildman–Crippen MR) is 70.5 cm³/mol. The molecule has 0 bridgehead atoms. The summed E-state index contributed by atoms with van der Waals surface area (Å²) in [6.07, 6.45) is 4.37. The Morgan fingerprint density at radius 3 is 2.63 bits per heavy atom. The van der Waals surface area contributed by atoms with Gasteiger partial charge >= 0.3 is 0 Å². The van der Waals surface area contributed by atoms with Gasteiger partial charge in [-0.15, -0.1) is 0 Å². The second-order valence-corrected chi connectivity index (χ2v) is 3.79. The smallest absolute Gasteiger partial charge is 0.262 e. The topological polar surface area (TPSA) is 84.0 Å². The predicted octanol–water partition coefficient (Wildman–Crippen LogP) is 0.810. The Balaban J connectivity index is 2.08. The zero-order valence-corrected chi connectivity index (χ0v) is 10.3. The van der Waals surface area contributed by atoms with E-state index in [0.717, 1.165) is 11.0 Å². The van der Waals surface area contributed by atoms with Gasteiger partial charge in [-0.2, -0.15) is 0 Å². The van der Waals surface area contributed by atoms with Gasteiger partial charge < -0.3 is 0 Å². The second kappa shape index (κ2) is 5.72. The first-order valence-electron chi connectivity index (χ1n) is 5.61. The molecule has 0 unspecified atom stereocenters. The summed E-state index contributed by atoms with van der Waals surface area (Å²) in [5, 5.41) is 0. The molecule has 0 aliphatic rings. The van der Waals surface area contributed by atoms with Gasteiger partial charge in [0.2, 0.25) is 5.91 Å². The van der Waals surface area contributed by atoms with Gasteiger partial charge in [0.1, 0.15) is 0 Å². The van der Waals surface area contributed by atoms with Crippen LogP contribution >= 0.6 is 0 Å². The third kappa shape index (κ3) is 3.60. The van der Waals surface area contributed by atoms with Crippen LogP contribution in [0.2, 0.25) is 0 Å². The molecule has 2 amide bonds. The second-order valence-electron chi connectivity index (χ2n) is 3.79. The summed E-state index contributed by atoms with van der Waals surface area (Å²) in [6, 6.07) is 7.46. The van der Waals surface area contributed by atoms with Crippen LogP contribution < -0.4 is 10.9 Å². The van der Waals surface area contributed by atoms with Crippen LogP contribution in [0.4, 0.5) is 0 Å². The number of amides is 2. The van der Waals surface area contributed by atoms with Gasteiger partial charge in [0.15, 0.2) is 0 Å². The average molecular weight is 256 g/mol. The maximum atomic E-state index is 11.3. The lowest BCUT2D eigenvalue weighted by Crippen LogP contribution is -2.39. The van der Waals surface area contributed by atoms with Crippen molar-refractivity contribution >= 4 is 28.9 Å². The third-order valence-corrected chi connectivity index (χ3v) is 2.23. The maximum absolute atomic E-state index is 11.3. The van der Waals surface area contributed by atoms with Crippen LogP contribution in [0.15, 0.2) is 36.5 Å². The fraction of sp³-hybridized carbons (Fsp3) is 0.0769. The Morgan fingerprint density at radius 1 is 1.16 bits per heavy atom. The molecule has 1 aromatic carbocycles. The molecular formula is C13H12N4O2. The molecule has 0 spiro atoms. The van der Waals surface area contributed by atoms with Crippen molar-refractivity contribution in [2.24, 2.45) is 0 Å². The molecule has 96 valence electrons. The minimum atomic E-state index is -0.440. The Bertz CT molecular complexity index is 652. The Morgan fingerprint density at radius 2 is 1.89 bits per heavy atom. The summed E-state index contributed by atoms with van der Waals surface area (Å²) in [5.74, 6) is -0.780. The molecule has 2 aromatic rings. The average Bonchev–Trinajstić information content (AvgIpc) is 2.42. The van der Waals surface area contributed by atoms with Crippen LogP contribution in [0.5, 0.6) is 0 Å². The van der Waals surface area contributed by atoms with Gasteiger partial charge in [-0.1, -0.05) is 12.1 Å². The van der Waals surface area contributed by atoms with E-state index >= 15 is 0 Å². The van der Waals surface area contributed by atoms with E-state index in [0.29, 0.717) is 5.69 Å². The van der Waals surface area contributed by atoms with Crippen LogP contribution in [0.1, 0.15) is 12.6 Å².